The Labute approximate surface area is 260 Å². The molecule has 3 aromatic carbocycles. The lowest BCUT2D eigenvalue weighted by molar-refractivity contribution is -0.147. The topological polar surface area (TPSA) is 89.3 Å². The first kappa shape index (κ1) is 32.2. The molecule has 43 heavy (non-hydrogen) atoms. The predicted molar refractivity (Wildman–Crippen MR) is 174 cm³/mol. The van der Waals surface area contributed by atoms with Crippen molar-refractivity contribution in [2.45, 2.75) is 44.4 Å². The van der Waals surface area contributed by atoms with Crippen molar-refractivity contribution < 1.29 is 18.5 Å². The van der Waals surface area contributed by atoms with Crippen molar-refractivity contribution in [1.29, 1.82) is 5.26 Å². The number of carbonyl (C=O) groups excluding carboxylic acids is 1. The molecular weight excluding hydrogens is 577 g/mol. The monoisotopic (exact) mass is 612 g/mol. The first-order chi connectivity index (χ1) is 21.0. The van der Waals surface area contributed by atoms with E-state index in [1.165, 1.54) is 11.8 Å². The van der Waals surface area contributed by atoms with E-state index >= 15 is 0 Å². The lowest BCUT2D eigenvalue weighted by Gasteiger charge is -2.18. The van der Waals surface area contributed by atoms with Gasteiger partial charge in [0.15, 0.2) is 0 Å². The Kier molecular flexibility index (Phi) is 12.5. The van der Waals surface area contributed by atoms with E-state index in [0.717, 1.165) is 40.7 Å². The number of carbonyl (C=O) groups is 1. The number of ether oxygens (including phenoxy) is 2. The molecule has 2 atom stereocenters. The maximum Gasteiger partial charge on any atom is 0.316 e. The van der Waals surface area contributed by atoms with Gasteiger partial charge in [-0.1, -0.05) is 116 Å². The molecule has 4 rings (SSSR count). The van der Waals surface area contributed by atoms with Gasteiger partial charge in [0.2, 0.25) is 0 Å². The second kappa shape index (κ2) is 16.8. The summed E-state index contributed by atoms with van der Waals surface area (Å²) in [6.07, 6.45) is 1.15. The van der Waals surface area contributed by atoms with E-state index in [0.29, 0.717) is 28.6 Å². The molecule has 0 aliphatic heterocycles. The molecule has 222 valence electrons. The Morgan fingerprint density at radius 2 is 1.70 bits per heavy atom. The standard InChI is InChI=1S/C35H36N2O4S2/c1-3-4-19-43(39)25-30(23-40-22-27-11-7-5-8-12-27)41-34(38)24-42-35-32(21-36)31(28-13-9-6-10-14-28)20-33(37-35)29-17-15-26(2)16-18-29/h5-18,20,30H,3-4,19,22-25H2,1-2H3. The molecule has 0 aliphatic rings. The van der Waals surface area contributed by atoms with Gasteiger partial charge in [-0.05, 0) is 30.5 Å². The van der Waals surface area contributed by atoms with Crippen molar-refractivity contribution in [1.82, 2.24) is 4.98 Å². The molecule has 0 saturated heterocycles. The maximum absolute atomic E-state index is 13.1. The van der Waals surface area contributed by atoms with Gasteiger partial charge in [0.25, 0.3) is 0 Å². The highest BCUT2D eigenvalue weighted by atomic mass is 32.2. The van der Waals surface area contributed by atoms with Gasteiger partial charge in [-0.25, -0.2) is 4.98 Å². The minimum atomic E-state index is -1.13. The summed E-state index contributed by atoms with van der Waals surface area (Å²) in [6.45, 7) is 4.59. The van der Waals surface area contributed by atoms with E-state index < -0.39 is 22.9 Å². The zero-order chi connectivity index (χ0) is 30.4. The minimum absolute atomic E-state index is 0.0515. The van der Waals surface area contributed by atoms with Crippen LogP contribution in [0.2, 0.25) is 0 Å². The van der Waals surface area contributed by atoms with Crippen molar-refractivity contribution in [2.75, 3.05) is 23.9 Å². The highest BCUT2D eigenvalue weighted by Gasteiger charge is 2.21. The zero-order valence-corrected chi connectivity index (χ0v) is 26.2. The van der Waals surface area contributed by atoms with E-state index in [9.17, 15) is 14.3 Å². The number of nitrogens with zero attached hydrogens (tertiary/aromatic N) is 2. The summed E-state index contributed by atoms with van der Waals surface area (Å²) in [4.78, 5) is 17.9. The van der Waals surface area contributed by atoms with Crippen LogP contribution < -0.4 is 0 Å². The van der Waals surface area contributed by atoms with Crippen molar-refractivity contribution in [3.63, 3.8) is 0 Å². The lowest BCUT2D eigenvalue weighted by atomic mass is 9.99. The number of nitriles is 1. The summed E-state index contributed by atoms with van der Waals surface area (Å²) in [7, 11) is -1.13. The summed E-state index contributed by atoms with van der Waals surface area (Å²) in [6, 6.07) is 31.7. The Hall–Kier alpha value is -3.77. The molecule has 6 nitrogen and oxygen atoms in total. The van der Waals surface area contributed by atoms with E-state index in [-0.39, 0.29) is 18.1 Å². The first-order valence-corrected chi connectivity index (χ1v) is 16.8. The van der Waals surface area contributed by atoms with Crippen LogP contribution in [0.4, 0.5) is 0 Å². The third kappa shape index (κ3) is 9.89. The molecule has 4 aromatic rings. The van der Waals surface area contributed by atoms with E-state index in [2.05, 4.69) is 13.0 Å². The fraction of sp³-hybridized carbons (Fsp3) is 0.286. The van der Waals surface area contributed by atoms with Crippen molar-refractivity contribution in [2.24, 2.45) is 0 Å². The van der Waals surface area contributed by atoms with Crippen LogP contribution in [0.5, 0.6) is 0 Å². The Balaban J connectivity index is 1.51. The molecule has 0 N–H and O–H groups in total. The number of esters is 1. The molecule has 0 saturated carbocycles. The van der Waals surface area contributed by atoms with Gasteiger partial charge in [0.05, 0.1) is 36.0 Å². The fourth-order valence-electron chi connectivity index (χ4n) is 4.39. The number of thioether (sulfide) groups is 1. The highest BCUT2D eigenvalue weighted by molar-refractivity contribution is 8.00. The zero-order valence-electron chi connectivity index (χ0n) is 24.5. The van der Waals surface area contributed by atoms with E-state index in [1.54, 1.807) is 0 Å². The number of aryl methyl sites for hydroxylation is 1. The predicted octanol–water partition coefficient (Wildman–Crippen LogP) is 7.37. The molecule has 0 radical (unpaired) electrons. The van der Waals surface area contributed by atoms with E-state index in [1.807, 2.05) is 97.9 Å². The van der Waals surface area contributed by atoms with Crippen LogP contribution in [0.25, 0.3) is 22.4 Å². The summed E-state index contributed by atoms with van der Waals surface area (Å²) in [5.41, 5.74) is 5.83. The van der Waals surface area contributed by atoms with Crippen LogP contribution in [0.1, 0.15) is 36.5 Å². The third-order valence-corrected chi connectivity index (χ3v) is 9.10. The van der Waals surface area contributed by atoms with Gasteiger partial charge in [0.1, 0.15) is 17.2 Å². The Bertz CT molecular complexity index is 1540. The maximum atomic E-state index is 13.1. The summed E-state index contributed by atoms with van der Waals surface area (Å²) in [5, 5.41) is 10.6. The number of pyridine rings is 1. The molecule has 1 aromatic heterocycles. The van der Waals surface area contributed by atoms with Gasteiger partial charge in [-0.3, -0.25) is 9.00 Å². The second-order valence-corrected chi connectivity index (χ2v) is 12.7. The molecule has 2 unspecified atom stereocenters. The number of benzene rings is 3. The number of unbranched alkanes of at least 4 members (excludes halogenated alkanes) is 1. The van der Waals surface area contributed by atoms with Gasteiger partial charge < -0.3 is 9.47 Å². The fourth-order valence-corrected chi connectivity index (χ4v) is 6.54. The lowest BCUT2D eigenvalue weighted by Crippen LogP contribution is -2.30. The van der Waals surface area contributed by atoms with Gasteiger partial charge in [0, 0.05) is 27.7 Å². The van der Waals surface area contributed by atoms with Crippen molar-refractivity contribution in [3.05, 3.63) is 108 Å². The smallest absolute Gasteiger partial charge is 0.316 e. The van der Waals surface area contributed by atoms with E-state index in [4.69, 9.17) is 14.5 Å². The minimum Gasteiger partial charge on any atom is -0.458 e. The second-order valence-electron chi connectivity index (χ2n) is 10.1. The molecule has 0 fully saturated rings. The SMILES string of the molecule is CCCCS(=O)CC(COCc1ccccc1)OC(=O)CSc1nc(-c2ccc(C)cc2)cc(-c2ccccc2)c1C#N. The summed E-state index contributed by atoms with van der Waals surface area (Å²) in [5.74, 6) is 0.248. The first-order valence-electron chi connectivity index (χ1n) is 14.3. The van der Waals surface area contributed by atoms with Crippen molar-refractivity contribution >= 4 is 28.5 Å². The Morgan fingerprint density at radius 3 is 2.37 bits per heavy atom. The van der Waals surface area contributed by atoms with Crippen LogP contribution in [0.15, 0.2) is 96.0 Å². The van der Waals surface area contributed by atoms with Gasteiger partial charge >= 0.3 is 5.97 Å². The normalized spacial score (nSPS) is 12.3. The highest BCUT2D eigenvalue weighted by Crippen LogP contribution is 2.34. The number of hydrogen-bond donors (Lipinski definition) is 0. The Morgan fingerprint density at radius 1 is 1.00 bits per heavy atom. The van der Waals surface area contributed by atoms with Crippen LogP contribution in [0, 0.1) is 18.3 Å². The largest absolute Gasteiger partial charge is 0.458 e. The molecule has 0 spiro atoms. The average Bonchev–Trinajstić information content (AvgIpc) is 3.03. The number of aromatic nitrogens is 1. The number of hydrogen-bond acceptors (Lipinski definition) is 7. The van der Waals surface area contributed by atoms with Crippen LogP contribution in [0.3, 0.4) is 0 Å². The quantitative estimate of drug-likeness (QED) is 0.102. The molecule has 0 bridgehead atoms. The van der Waals surface area contributed by atoms with Crippen LogP contribution in [-0.4, -0.2) is 45.1 Å². The average molecular weight is 613 g/mol. The molecule has 0 aliphatic carbocycles. The molecule has 1 heterocycles. The number of rotatable bonds is 15. The third-order valence-electron chi connectivity index (χ3n) is 6.67. The molecule has 0 amide bonds. The van der Waals surface area contributed by atoms with Gasteiger partial charge in [-0.2, -0.15) is 5.26 Å². The van der Waals surface area contributed by atoms with Gasteiger partial charge in [-0.15, -0.1) is 0 Å². The summed E-state index contributed by atoms with van der Waals surface area (Å²) < 4.78 is 24.3. The van der Waals surface area contributed by atoms with Crippen LogP contribution in [-0.2, 0) is 31.7 Å². The molecule has 8 heteroatoms. The summed E-state index contributed by atoms with van der Waals surface area (Å²) >= 11 is 1.17. The van der Waals surface area contributed by atoms with Crippen molar-refractivity contribution in [3.8, 4) is 28.5 Å². The molecular formula is C35H36N2O4S2. The van der Waals surface area contributed by atoms with Crippen LogP contribution >= 0.6 is 11.8 Å².